The molecule has 0 atom stereocenters. The lowest BCUT2D eigenvalue weighted by atomic mass is 10.0. The normalized spacial score (nSPS) is 10.9. The van der Waals surface area contributed by atoms with Crippen molar-refractivity contribution in [3.8, 4) is 11.5 Å². The zero-order valence-corrected chi connectivity index (χ0v) is 20.5. The molecule has 0 spiro atoms. The lowest BCUT2D eigenvalue weighted by Gasteiger charge is -2.11. The summed E-state index contributed by atoms with van der Waals surface area (Å²) in [4.78, 5) is 25.4. The molecule has 0 fully saturated rings. The largest absolute Gasteiger partial charge is 0.494 e. The van der Waals surface area contributed by atoms with Crippen molar-refractivity contribution in [3.05, 3.63) is 107 Å². The van der Waals surface area contributed by atoms with Crippen LogP contribution < -0.4 is 14.9 Å². The Morgan fingerprint density at radius 2 is 1.69 bits per heavy atom. The third-order valence-corrected chi connectivity index (χ3v) is 5.80. The first kappa shape index (κ1) is 24.9. The molecule has 1 N–H and O–H groups in total. The van der Waals surface area contributed by atoms with Crippen LogP contribution >= 0.6 is 11.6 Å². The van der Waals surface area contributed by atoms with E-state index in [0.29, 0.717) is 34.3 Å². The van der Waals surface area contributed by atoms with Crippen LogP contribution in [0.2, 0.25) is 5.02 Å². The van der Waals surface area contributed by atoms with E-state index in [1.165, 1.54) is 6.21 Å². The molecule has 6 nitrogen and oxygen atoms in total. The van der Waals surface area contributed by atoms with E-state index in [-0.39, 0.29) is 11.5 Å². The molecular weight excluding hydrogens is 476 g/mol. The zero-order chi connectivity index (χ0) is 25.3. The van der Waals surface area contributed by atoms with Crippen molar-refractivity contribution in [2.75, 3.05) is 6.61 Å². The van der Waals surface area contributed by atoms with Crippen LogP contribution in [0.4, 0.5) is 0 Å². The first-order valence-electron chi connectivity index (χ1n) is 11.6. The first-order valence-corrected chi connectivity index (χ1v) is 12.0. The molecule has 0 aliphatic carbocycles. The predicted octanol–water partition coefficient (Wildman–Crippen LogP) is 6.66. The quantitative estimate of drug-likeness (QED) is 0.0916. The number of halogens is 1. The van der Waals surface area contributed by atoms with E-state index >= 15 is 0 Å². The van der Waals surface area contributed by atoms with Gasteiger partial charge in [0, 0.05) is 11.1 Å². The van der Waals surface area contributed by atoms with Crippen LogP contribution in [-0.2, 0) is 0 Å². The van der Waals surface area contributed by atoms with Gasteiger partial charge in [0.05, 0.1) is 23.4 Å². The molecule has 0 bridgehead atoms. The van der Waals surface area contributed by atoms with E-state index in [1.54, 1.807) is 54.6 Å². The number of nitrogens with one attached hydrogen (secondary N) is 1. The third kappa shape index (κ3) is 6.09. The fourth-order valence-corrected chi connectivity index (χ4v) is 3.75. The molecule has 0 saturated carbocycles. The van der Waals surface area contributed by atoms with Gasteiger partial charge in [0.1, 0.15) is 11.5 Å². The number of amides is 1. The maximum atomic E-state index is 12.8. The molecule has 0 radical (unpaired) electrons. The van der Waals surface area contributed by atoms with Gasteiger partial charge in [-0.3, -0.25) is 4.79 Å². The highest BCUT2D eigenvalue weighted by molar-refractivity contribution is 6.33. The number of carbonyl (C=O) groups excluding carboxylic acids is 2. The molecule has 0 aliphatic heterocycles. The average molecular weight is 501 g/mol. The second-order valence-electron chi connectivity index (χ2n) is 7.99. The third-order valence-electron chi connectivity index (χ3n) is 5.47. The molecule has 0 aromatic heterocycles. The van der Waals surface area contributed by atoms with Crippen molar-refractivity contribution >= 4 is 40.5 Å². The van der Waals surface area contributed by atoms with Crippen LogP contribution in [-0.4, -0.2) is 24.7 Å². The Labute approximate surface area is 214 Å². The molecule has 4 rings (SSSR count). The SMILES string of the molecule is CCCCOc1ccc(C(=O)N/N=C/c2c(OC(=O)c3ccccc3Cl)ccc3ccccc23)cc1. The summed E-state index contributed by atoms with van der Waals surface area (Å²) in [5.41, 5.74) is 3.78. The number of ether oxygens (including phenoxy) is 2. The van der Waals surface area contributed by atoms with Gasteiger partial charge in [-0.2, -0.15) is 5.10 Å². The highest BCUT2D eigenvalue weighted by Gasteiger charge is 2.16. The summed E-state index contributed by atoms with van der Waals surface area (Å²) in [6, 6.07) is 24.7. The van der Waals surface area contributed by atoms with E-state index in [1.807, 2.05) is 30.3 Å². The van der Waals surface area contributed by atoms with E-state index in [9.17, 15) is 9.59 Å². The minimum absolute atomic E-state index is 0.255. The number of fused-ring (bicyclic) bond motifs is 1. The minimum Gasteiger partial charge on any atom is -0.494 e. The molecule has 0 unspecified atom stereocenters. The highest BCUT2D eigenvalue weighted by atomic mass is 35.5. The molecule has 4 aromatic carbocycles. The van der Waals surface area contributed by atoms with Gasteiger partial charge in [-0.05, 0) is 59.7 Å². The van der Waals surface area contributed by atoms with E-state index in [4.69, 9.17) is 21.1 Å². The van der Waals surface area contributed by atoms with Crippen molar-refractivity contribution in [1.82, 2.24) is 5.43 Å². The molecule has 0 aliphatic rings. The second kappa shape index (κ2) is 12.0. The van der Waals surface area contributed by atoms with Crippen LogP contribution in [0, 0.1) is 0 Å². The van der Waals surface area contributed by atoms with Crippen molar-refractivity contribution in [3.63, 3.8) is 0 Å². The Morgan fingerprint density at radius 3 is 2.47 bits per heavy atom. The number of hydrogen-bond acceptors (Lipinski definition) is 5. The van der Waals surface area contributed by atoms with Crippen molar-refractivity contribution in [2.24, 2.45) is 5.10 Å². The molecule has 182 valence electrons. The fourth-order valence-electron chi connectivity index (χ4n) is 3.54. The minimum atomic E-state index is -0.587. The summed E-state index contributed by atoms with van der Waals surface area (Å²) in [7, 11) is 0. The molecule has 0 heterocycles. The number of benzene rings is 4. The Balaban J connectivity index is 1.53. The Hall–Kier alpha value is -4.16. The number of rotatable bonds is 9. The van der Waals surface area contributed by atoms with E-state index in [0.717, 1.165) is 23.6 Å². The summed E-state index contributed by atoms with van der Waals surface area (Å²) in [5, 5.41) is 6.18. The standard InChI is InChI=1S/C29H25ClN2O4/c1-2-3-18-35-22-15-12-21(13-16-22)28(33)32-31-19-25-23-9-5-4-8-20(23)14-17-27(25)36-29(34)24-10-6-7-11-26(24)30/h4-17,19H,2-3,18H2,1H3,(H,32,33)/b31-19+. The highest BCUT2D eigenvalue weighted by Crippen LogP contribution is 2.28. The lowest BCUT2D eigenvalue weighted by Crippen LogP contribution is -2.17. The van der Waals surface area contributed by atoms with Gasteiger partial charge >= 0.3 is 5.97 Å². The van der Waals surface area contributed by atoms with E-state index < -0.39 is 5.97 Å². The number of hydrazone groups is 1. The van der Waals surface area contributed by atoms with Crippen LogP contribution in [0.5, 0.6) is 11.5 Å². The van der Waals surface area contributed by atoms with Gasteiger partial charge in [0.15, 0.2) is 0 Å². The average Bonchev–Trinajstić information content (AvgIpc) is 2.90. The number of unbranched alkanes of at least 4 members (excludes halogenated alkanes) is 1. The smallest absolute Gasteiger partial charge is 0.345 e. The second-order valence-corrected chi connectivity index (χ2v) is 8.40. The monoisotopic (exact) mass is 500 g/mol. The van der Waals surface area contributed by atoms with Gasteiger partial charge < -0.3 is 9.47 Å². The maximum Gasteiger partial charge on any atom is 0.345 e. The van der Waals surface area contributed by atoms with Crippen LogP contribution in [0.3, 0.4) is 0 Å². The van der Waals surface area contributed by atoms with Gasteiger partial charge in [-0.25, -0.2) is 10.2 Å². The van der Waals surface area contributed by atoms with Gasteiger partial charge in [-0.1, -0.05) is 67.4 Å². The van der Waals surface area contributed by atoms with Gasteiger partial charge in [0.2, 0.25) is 0 Å². The number of hydrogen-bond donors (Lipinski definition) is 1. The Kier molecular flexibility index (Phi) is 8.32. The van der Waals surface area contributed by atoms with Gasteiger partial charge in [0.25, 0.3) is 5.91 Å². The first-order chi connectivity index (χ1) is 17.6. The van der Waals surface area contributed by atoms with Crippen LogP contribution in [0.25, 0.3) is 10.8 Å². The Morgan fingerprint density at radius 1 is 0.944 bits per heavy atom. The molecule has 1 amide bonds. The number of nitrogens with zero attached hydrogens (tertiary/aromatic N) is 1. The molecule has 4 aromatic rings. The Bertz CT molecular complexity index is 1400. The van der Waals surface area contributed by atoms with Crippen molar-refractivity contribution in [2.45, 2.75) is 19.8 Å². The van der Waals surface area contributed by atoms with Crippen LogP contribution in [0.1, 0.15) is 46.0 Å². The molecule has 7 heteroatoms. The summed E-state index contributed by atoms with van der Waals surface area (Å²) >= 11 is 6.16. The van der Waals surface area contributed by atoms with Crippen molar-refractivity contribution in [1.29, 1.82) is 0 Å². The summed E-state index contributed by atoms with van der Waals surface area (Å²) < 4.78 is 11.3. The topological polar surface area (TPSA) is 77.0 Å². The van der Waals surface area contributed by atoms with E-state index in [2.05, 4.69) is 17.5 Å². The van der Waals surface area contributed by atoms with Gasteiger partial charge in [-0.15, -0.1) is 0 Å². The zero-order valence-electron chi connectivity index (χ0n) is 19.7. The van der Waals surface area contributed by atoms with Crippen molar-refractivity contribution < 1.29 is 19.1 Å². The molecule has 0 saturated heterocycles. The summed E-state index contributed by atoms with van der Waals surface area (Å²) in [6.45, 7) is 2.74. The fraction of sp³-hybridized carbons (Fsp3) is 0.138. The lowest BCUT2D eigenvalue weighted by molar-refractivity contribution is 0.0734. The van der Waals surface area contributed by atoms with Crippen LogP contribution in [0.15, 0.2) is 90.0 Å². The molecular formula is C29H25ClN2O4. The summed E-state index contributed by atoms with van der Waals surface area (Å²) in [5.74, 6) is 0.0476. The predicted molar refractivity (Wildman–Crippen MR) is 142 cm³/mol. The maximum absolute atomic E-state index is 12.8. The number of esters is 1. The summed E-state index contributed by atoms with van der Waals surface area (Å²) in [6.07, 6.45) is 3.49. The number of carbonyl (C=O) groups is 2. The molecule has 36 heavy (non-hydrogen) atoms.